The van der Waals surface area contributed by atoms with Gasteiger partial charge in [0.2, 0.25) is 0 Å². The molecule has 0 spiro atoms. The van der Waals surface area contributed by atoms with Crippen molar-refractivity contribution in [3.05, 3.63) is 24.2 Å². The van der Waals surface area contributed by atoms with Crippen LogP contribution in [0.15, 0.2) is 22.8 Å². The molecule has 2 atom stereocenters. The Bertz CT molecular complexity index is 529. The molecule has 1 heterocycles. The first-order valence-corrected chi connectivity index (χ1v) is 7.76. The lowest BCUT2D eigenvalue weighted by atomic mass is 9.43. The van der Waals surface area contributed by atoms with Gasteiger partial charge in [0.05, 0.1) is 6.26 Å². The summed E-state index contributed by atoms with van der Waals surface area (Å²) in [4.78, 5) is 12.4. The van der Waals surface area contributed by atoms with Crippen LogP contribution in [-0.2, 0) is 0 Å². The molecule has 1 aromatic rings. The largest absolute Gasteiger partial charge is 0.459 e. The fourth-order valence-electron chi connectivity index (χ4n) is 6.30. The van der Waals surface area contributed by atoms with Crippen LogP contribution in [0.5, 0.6) is 0 Å². The molecule has 3 heteroatoms. The van der Waals surface area contributed by atoms with Crippen LogP contribution in [0, 0.1) is 16.7 Å². The summed E-state index contributed by atoms with van der Waals surface area (Å²) in [5.41, 5.74) is 0.849. The predicted molar refractivity (Wildman–Crippen MR) is 76.3 cm³/mol. The molecule has 4 aliphatic rings. The average Bonchev–Trinajstić information content (AvgIpc) is 2.75. The van der Waals surface area contributed by atoms with Crippen LogP contribution >= 0.6 is 0 Å². The predicted octanol–water partition coefficient (Wildman–Crippen LogP) is 3.76. The number of carbonyl (C=O) groups is 1. The Morgan fingerprint density at radius 2 is 1.90 bits per heavy atom. The van der Waals surface area contributed by atoms with E-state index in [4.69, 9.17) is 4.42 Å². The van der Waals surface area contributed by atoms with E-state index in [9.17, 15) is 4.79 Å². The van der Waals surface area contributed by atoms with Crippen LogP contribution in [-0.4, -0.2) is 11.4 Å². The zero-order valence-electron chi connectivity index (χ0n) is 12.4. The first-order valence-electron chi connectivity index (χ1n) is 7.76. The second-order valence-electron chi connectivity index (χ2n) is 8.34. The highest BCUT2D eigenvalue weighted by Crippen LogP contribution is 2.66. The lowest BCUT2D eigenvalue weighted by Crippen LogP contribution is -2.65. The van der Waals surface area contributed by atoms with Crippen molar-refractivity contribution in [3.8, 4) is 0 Å². The van der Waals surface area contributed by atoms with E-state index >= 15 is 0 Å². The Morgan fingerprint density at radius 1 is 1.20 bits per heavy atom. The Hall–Kier alpha value is -1.25. The maximum atomic E-state index is 12.4. The van der Waals surface area contributed by atoms with Crippen LogP contribution in [0.2, 0.25) is 0 Å². The number of rotatable bonds is 2. The Kier molecular flexibility index (Phi) is 2.30. The summed E-state index contributed by atoms with van der Waals surface area (Å²) >= 11 is 0. The van der Waals surface area contributed by atoms with Crippen molar-refractivity contribution in [1.82, 2.24) is 5.32 Å². The lowest BCUT2D eigenvalue weighted by Gasteiger charge is -2.65. The highest BCUT2D eigenvalue weighted by Gasteiger charge is 2.60. The number of furan rings is 1. The van der Waals surface area contributed by atoms with Gasteiger partial charge in [-0.1, -0.05) is 13.8 Å². The van der Waals surface area contributed by atoms with Gasteiger partial charge in [0.25, 0.3) is 5.91 Å². The first-order chi connectivity index (χ1) is 9.40. The molecule has 0 aromatic carbocycles. The fourth-order valence-corrected chi connectivity index (χ4v) is 6.30. The van der Waals surface area contributed by atoms with Crippen molar-refractivity contribution in [1.29, 1.82) is 0 Å². The molecule has 4 fully saturated rings. The maximum absolute atomic E-state index is 12.4. The van der Waals surface area contributed by atoms with Crippen LogP contribution in [0.1, 0.15) is 62.9 Å². The summed E-state index contributed by atoms with van der Waals surface area (Å²) < 4.78 is 5.25. The van der Waals surface area contributed by atoms with Crippen LogP contribution < -0.4 is 5.32 Å². The smallest absolute Gasteiger partial charge is 0.287 e. The summed E-state index contributed by atoms with van der Waals surface area (Å²) in [6.07, 6.45) is 9.02. The van der Waals surface area contributed by atoms with E-state index in [0.29, 0.717) is 16.6 Å². The standard InChI is InChI=1S/C17H23NO2/c1-15-6-12-7-16(2,9-15)11-17(8-12,10-15)18-14(19)13-4-3-5-20-13/h3-5,12H,6-11H2,1-2H3,(H,18,19)/t12?,15-,16-,17?/m1/s1. The van der Waals surface area contributed by atoms with Gasteiger partial charge in [-0.25, -0.2) is 0 Å². The van der Waals surface area contributed by atoms with Crippen molar-refractivity contribution in [2.24, 2.45) is 16.7 Å². The van der Waals surface area contributed by atoms with Crippen molar-refractivity contribution in [3.63, 3.8) is 0 Å². The second-order valence-corrected chi connectivity index (χ2v) is 8.34. The monoisotopic (exact) mass is 273 g/mol. The highest BCUT2D eigenvalue weighted by atomic mass is 16.3. The van der Waals surface area contributed by atoms with Gasteiger partial charge in [-0.2, -0.15) is 0 Å². The van der Waals surface area contributed by atoms with Gasteiger partial charge < -0.3 is 9.73 Å². The zero-order valence-corrected chi connectivity index (χ0v) is 12.4. The summed E-state index contributed by atoms with van der Waals surface area (Å²) in [6.45, 7) is 4.84. The summed E-state index contributed by atoms with van der Waals surface area (Å²) in [5, 5.41) is 3.34. The van der Waals surface area contributed by atoms with Crippen molar-refractivity contribution < 1.29 is 9.21 Å². The van der Waals surface area contributed by atoms with E-state index in [2.05, 4.69) is 19.2 Å². The third-order valence-electron chi connectivity index (χ3n) is 5.75. The Labute approximate surface area is 120 Å². The molecule has 4 saturated carbocycles. The van der Waals surface area contributed by atoms with Gasteiger partial charge in [0.1, 0.15) is 0 Å². The van der Waals surface area contributed by atoms with E-state index in [0.717, 1.165) is 25.2 Å². The average molecular weight is 273 g/mol. The number of hydrogen-bond acceptors (Lipinski definition) is 2. The quantitative estimate of drug-likeness (QED) is 0.891. The molecule has 20 heavy (non-hydrogen) atoms. The normalized spacial score (nSPS) is 45.6. The number of nitrogens with one attached hydrogen (secondary N) is 1. The molecule has 0 radical (unpaired) electrons. The summed E-state index contributed by atoms with van der Waals surface area (Å²) in [5.74, 6) is 1.19. The zero-order chi connectivity index (χ0) is 14.0. The molecule has 1 aromatic heterocycles. The molecule has 108 valence electrons. The van der Waals surface area contributed by atoms with E-state index in [1.54, 1.807) is 18.4 Å². The molecule has 0 saturated heterocycles. The molecular weight excluding hydrogens is 250 g/mol. The SMILES string of the molecule is C[C@]12CC3CC(NC(=O)c4ccco4)(C1)C[C@](C)(C3)C2. The molecule has 3 nitrogen and oxygen atoms in total. The Morgan fingerprint density at radius 3 is 2.45 bits per heavy atom. The minimum atomic E-state index is -0.0378. The van der Waals surface area contributed by atoms with E-state index < -0.39 is 0 Å². The van der Waals surface area contributed by atoms with Gasteiger partial charge in [-0.3, -0.25) is 4.79 Å². The van der Waals surface area contributed by atoms with Gasteiger partial charge in [0.15, 0.2) is 5.76 Å². The molecule has 0 unspecified atom stereocenters. The molecule has 4 bridgehead atoms. The maximum Gasteiger partial charge on any atom is 0.287 e. The van der Waals surface area contributed by atoms with Crippen LogP contribution in [0.4, 0.5) is 0 Å². The molecule has 4 aliphatic carbocycles. The second kappa shape index (κ2) is 3.69. The first kappa shape index (κ1) is 12.5. The summed E-state index contributed by atoms with van der Waals surface area (Å²) in [6, 6.07) is 3.52. The van der Waals surface area contributed by atoms with E-state index in [1.165, 1.54) is 19.3 Å². The van der Waals surface area contributed by atoms with Crippen molar-refractivity contribution in [2.75, 3.05) is 0 Å². The van der Waals surface area contributed by atoms with Crippen molar-refractivity contribution >= 4 is 5.91 Å². The molecule has 1 amide bonds. The minimum Gasteiger partial charge on any atom is -0.459 e. The fraction of sp³-hybridized carbons (Fsp3) is 0.706. The molecular formula is C17H23NO2. The number of amides is 1. The van der Waals surface area contributed by atoms with Gasteiger partial charge in [-0.05, 0) is 67.4 Å². The van der Waals surface area contributed by atoms with Crippen molar-refractivity contribution in [2.45, 2.75) is 57.9 Å². The highest BCUT2D eigenvalue weighted by molar-refractivity contribution is 5.92. The van der Waals surface area contributed by atoms with E-state index in [-0.39, 0.29) is 11.4 Å². The van der Waals surface area contributed by atoms with Gasteiger partial charge >= 0.3 is 0 Å². The number of hydrogen-bond donors (Lipinski definition) is 1. The van der Waals surface area contributed by atoms with Gasteiger partial charge in [-0.15, -0.1) is 0 Å². The minimum absolute atomic E-state index is 0.00674. The third-order valence-corrected chi connectivity index (χ3v) is 5.75. The van der Waals surface area contributed by atoms with Crippen LogP contribution in [0.25, 0.3) is 0 Å². The third kappa shape index (κ3) is 1.82. The molecule has 1 N–H and O–H groups in total. The van der Waals surface area contributed by atoms with Gasteiger partial charge in [0, 0.05) is 5.54 Å². The lowest BCUT2D eigenvalue weighted by molar-refractivity contribution is -0.114. The topological polar surface area (TPSA) is 42.2 Å². The molecule has 0 aliphatic heterocycles. The molecule has 5 rings (SSSR count). The van der Waals surface area contributed by atoms with Crippen LogP contribution in [0.3, 0.4) is 0 Å². The Balaban J connectivity index is 1.63. The van der Waals surface area contributed by atoms with E-state index in [1.807, 2.05) is 0 Å². The number of carbonyl (C=O) groups excluding carboxylic acids is 1. The summed E-state index contributed by atoms with van der Waals surface area (Å²) in [7, 11) is 0.